The molecule has 3 aliphatic heterocycles. The molecular formula is C36H46N6O4. The van der Waals surface area contributed by atoms with Crippen LogP contribution in [0.5, 0.6) is 5.88 Å². The van der Waals surface area contributed by atoms with E-state index in [1.165, 1.54) is 12.0 Å². The van der Waals surface area contributed by atoms with E-state index in [0.717, 1.165) is 94.7 Å². The smallest absolute Gasteiger partial charge is 0.219 e. The fourth-order valence-corrected chi connectivity index (χ4v) is 8.79. The van der Waals surface area contributed by atoms with Gasteiger partial charge < -0.3 is 18.9 Å². The van der Waals surface area contributed by atoms with E-state index in [0.29, 0.717) is 48.9 Å². The van der Waals surface area contributed by atoms with Gasteiger partial charge in [-0.1, -0.05) is 41.9 Å². The van der Waals surface area contributed by atoms with Crippen LogP contribution >= 0.6 is 0 Å². The van der Waals surface area contributed by atoms with Gasteiger partial charge >= 0.3 is 0 Å². The lowest BCUT2D eigenvalue weighted by molar-refractivity contribution is -0.146. The van der Waals surface area contributed by atoms with Crippen LogP contribution in [-0.2, 0) is 27.9 Å². The van der Waals surface area contributed by atoms with Crippen LogP contribution in [0.25, 0.3) is 11.6 Å². The Morgan fingerprint density at radius 3 is 2.63 bits per heavy atom. The maximum absolute atomic E-state index is 13.3. The number of anilines is 1. The highest BCUT2D eigenvalue weighted by Crippen LogP contribution is 2.47. The first-order valence-electron chi connectivity index (χ1n) is 17.3. The number of hydrogen-bond donors (Lipinski definition) is 0. The molecule has 46 heavy (non-hydrogen) atoms. The number of piperazine rings is 1. The number of likely N-dealkylation sites (tertiary alicyclic amines) is 1. The maximum atomic E-state index is 13.3. The van der Waals surface area contributed by atoms with Gasteiger partial charge in [-0.2, -0.15) is 4.98 Å². The van der Waals surface area contributed by atoms with Gasteiger partial charge in [0.15, 0.2) is 0 Å². The molecule has 1 aromatic carbocycles. The largest absolute Gasteiger partial charge is 0.473 e. The Labute approximate surface area is 271 Å². The Kier molecular flexibility index (Phi) is 7.85. The van der Waals surface area contributed by atoms with E-state index < -0.39 is 5.41 Å². The van der Waals surface area contributed by atoms with Gasteiger partial charge in [0.05, 0.1) is 24.2 Å². The minimum Gasteiger partial charge on any atom is -0.473 e. The van der Waals surface area contributed by atoms with Crippen LogP contribution in [0.2, 0.25) is 0 Å². The van der Waals surface area contributed by atoms with Crippen molar-refractivity contribution in [2.24, 2.45) is 0 Å². The number of likely N-dealkylation sites (N-methyl/N-ethyl adjacent to an activating group) is 1. The summed E-state index contributed by atoms with van der Waals surface area (Å²) in [6, 6.07) is 13.0. The Morgan fingerprint density at radius 2 is 1.87 bits per heavy atom. The molecule has 10 nitrogen and oxygen atoms in total. The molecule has 5 aliphatic rings. The average molecular weight is 627 g/mol. The molecule has 10 heteroatoms. The highest BCUT2D eigenvalue weighted by atomic mass is 16.5. The number of rotatable bonds is 7. The summed E-state index contributed by atoms with van der Waals surface area (Å²) >= 11 is 0. The van der Waals surface area contributed by atoms with E-state index >= 15 is 0 Å². The molecule has 3 saturated heterocycles. The molecule has 3 atom stereocenters. The number of Topliss-reactive ketones (excluding diaryl/α,β-unsaturated/α-hetero) is 1. The molecule has 0 bridgehead atoms. The van der Waals surface area contributed by atoms with Crippen LogP contribution in [0, 0.1) is 0 Å². The topological polar surface area (TPSA) is 97.1 Å². The van der Waals surface area contributed by atoms with Crippen LogP contribution in [0.4, 0.5) is 5.82 Å². The zero-order valence-corrected chi connectivity index (χ0v) is 27.2. The predicted octanol–water partition coefficient (Wildman–Crippen LogP) is 4.80. The number of aromatic nitrogens is 3. The van der Waals surface area contributed by atoms with Crippen LogP contribution in [0.3, 0.4) is 0 Å². The fourth-order valence-electron chi connectivity index (χ4n) is 8.79. The molecule has 2 spiro atoms. The van der Waals surface area contributed by atoms with Crippen molar-refractivity contribution in [3.8, 4) is 17.5 Å². The Hall–Kier alpha value is -3.34. The third-order valence-corrected chi connectivity index (χ3v) is 11.5. The van der Waals surface area contributed by atoms with Gasteiger partial charge in [0, 0.05) is 50.3 Å². The predicted molar refractivity (Wildman–Crippen MR) is 174 cm³/mol. The number of carbonyl (C=O) groups excluding carboxylic acids is 1. The summed E-state index contributed by atoms with van der Waals surface area (Å²) in [7, 11) is 2.17. The lowest BCUT2D eigenvalue weighted by atomic mass is 9.64. The van der Waals surface area contributed by atoms with Gasteiger partial charge in [-0.3, -0.25) is 14.6 Å². The first-order chi connectivity index (χ1) is 22.4. The highest BCUT2D eigenvalue weighted by molar-refractivity contribution is 5.91. The van der Waals surface area contributed by atoms with E-state index in [-0.39, 0.29) is 11.6 Å². The second kappa shape index (κ2) is 12.0. The van der Waals surface area contributed by atoms with Crippen molar-refractivity contribution < 1.29 is 18.8 Å². The van der Waals surface area contributed by atoms with Crippen LogP contribution in [-0.4, -0.2) is 94.8 Å². The second-order valence-corrected chi connectivity index (χ2v) is 14.4. The summed E-state index contributed by atoms with van der Waals surface area (Å²) in [5.41, 5.74) is 2.56. The van der Waals surface area contributed by atoms with Gasteiger partial charge in [0.25, 0.3) is 0 Å². The molecule has 244 valence electrons. The minimum atomic E-state index is -0.516. The van der Waals surface area contributed by atoms with Gasteiger partial charge in [-0.15, -0.1) is 0 Å². The average Bonchev–Trinajstić information content (AvgIpc) is 3.69. The summed E-state index contributed by atoms with van der Waals surface area (Å²) in [5.74, 6) is 2.80. The maximum Gasteiger partial charge on any atom is 0.219 e. The van der Waals surface area contributed by atoms with Crippen molar-refractivity contribution in [1.82, 2.24) is 24.9 Å². The molecule has 1 saturated carbocycles. The quantitative estimate of drug-likeness (QED) is 0.364. The number of ketones is 1. The lowest BCUT2D eigenvalue weighted by Crippen LogP contribution is -2.71. The van der Waals surface area contributed by atoms with Crippen molar-refractivity contribution in [1.29, 1.82) is 0 Å². The fraction of sp³-hybridized carbons (Fsp3) is 0.611. The first kappa shape index (κ1) is 30.0. The second-order valence-electron chi connectivity index (χ2n) is 14.4. The lowest BCUT2D eigenvalue weighted by Gasteiger charge is -2.55. The Balaban J connectivity index is 1.13. The summed E-state index contributed by atoms with van der Waals surface area (Å²) in [4.78, 5) is 30.8. The first-order valence-corrected chi connectivity index (χ1v) is 17.3. The van der Waals surface area contributed by atoms with E-state index in [4.69, 9.17) is 24.0 Å². The standard InChI is InChI=1S/C36H46N6O4/c1-25(28-13-9-17-40(28)2)45-31-20-30(41-18-19-42(35(22-41)23-44-24-35)21-26-10-4-3-5-11-26)37-34(38-31)32-27-12-8-16-36(33(27)39-46-32)15-7-6-14-29(36)43/h3-5,10-11,20,25,28H,6-9,12-19,21-24H2,1-2H3/t25-,28-,36+/m0/s1. The zero-order chi connectivity index (χ0) is 31.3. The number of ether oxygens (including phenoxy) is 2. The van der Waals surface area contributed by atoms with Crippen LogP contribution < -0.4 is 9.64 Å². The molecule has 0 amide bonds. The third kappa shape index (κ3) is 5.22. The summed E-state index contributed by atoms with van der Waals surface area (Å²) in [6.45, 7) is 8.08. The van der Waals surface area contributed by atoms with Crippen molar-refractivity contribution in [3.05, 3.63) is 53.2 Å². The Bertz CT molecular complexity index is 1570. The molecule has 0 N–H and O–H groups in total. The normalized spacial score (nSPS) is 27.1. The van der Waals surface area contributed by atoms with Gasteiger partial charge in [-0.05, 0) is 71.0 Å². The molecule has 2 aliphatic carbocycles. The molecule has 0 radical (unpaired) electrons. The molecule has 3 aromatic rings. The van der Waals surface area contributed by atoms with E-state index in [9.17, 15) is 4.79 Å². The monoisotopic (exact) mass is 626 g/mol. The number of fused-ring (bicyclic) bond motifs is 2. The van der Waals surface area contributed by atoms with E-state index in [2.05, 4.69) is 64.2 Å². The summed E-state index contributed by atoms with van der Waals surface area (Å²) in [6.07, 6.45) is 8.36. The third-order valence-electron chi connectivity index (χ3n) is 11.5. The van der Waals surface area contributed by atoms with Crippen molar-refractivity contribution in [2.45, 2.75) is 94.4 Å². The van der Waals surface area contributed by atoms with E-state index in [1.807, 2.05) is 6.07 Å². The molecule has 2 aromatic heterocycles. The molecule has 0 unspecified atom stereocenters. The zero-order valence-electron chi connectivity index (χ0n) is 27.2. The highest BCUT2D eigenvalue weighted by Gasteiger charge is 2.49. The van der Waals surface area contributed by atoms with Crippen molar-refractivity contribution in [3.63, 3.8) is 0 Å². The summed E-state index contributed by atoms with van der Waals surface area (Å²) in [5, 5.41) is 4.60. The molecular weight excluding hydrogens is 580 g/mol. The van der Waals surface area contributed by atoms with Crippen LogP contribution in [0.15, 0.2) is 40.9 Å². The molecule has 4 fully saturated rings. The molecule has 5 heterocycles. The van der Waals surface area contributed by atoms with Gasteiger partial charge in [0.1, 0.15) is 23.4 Å². The van der Waals surface area contributed by atoms with Crippen molar-refractivity contribution >= 4 is 11.6 Å². The summed E-state index contributed by atoms with van der Waals surface area (Å²) < 4.78 is 18.6. The Morgan fingerprint density at radius 1 is 1.02 bits per heavy atom. The number of hydrogen-bond acceptors (Lipinski definition) is 10. The van der Waals surface area contributed by atoms with Gasteiger partial charge in [-0.25, -0.2) is 4.98 Å². The van der Waals surface area contributed by atoms with Gasteiger partial charge in [0.2, 0.25) is 17.5 Å². The van der Waals surface area contributed by atoms with Crippen molar-refractivity contribution in [2.75, 3.05) is 51.3 Å². The number of nitrogens with zero attached hydrogens (tertiary/aromatic N) is 6. The SMILES string of the molecule is C[C@H](Oc1cc(N2CCN(Cc3ccccc3)C3(COC3)C2)nc(-c2onc3c2CCC[C@@]32CCCCC2=O)n1)[C@@H]1CCCN1C. The number of carbonyl (C=O) groups is 1. The van der Waals surface area contributed by atoms with E-state index in [1.54, 1.807) is 0 Å². The minimum absolute atomic E-state index is 0.0241. The molecule has 8 rings (SSSR count). The van der Waals surface area contributed by atoms with Crippen LogP contribution in [0.1, 0.15) is 75.1 Å². The number of benzene rings is 1.